The predicted octanol–water partition coefficient (Wildman–Crippen LogP) is 2.23. The lowest BCUT2D eigenvalue weighted by atomic mass is 10.0. The molecule has 0 radical (unpaired) electrons. The first-order valence-corrected chi connectivity index (χ1v) is 13.9. The van der Waals surface area contributed by atoms with Gasteiger partial charge in [0.15, 0.2) is 11.5 Å². The Labute approximate surface area is 246 Å². The van der Waals surface area contributed by atoms with Crippen LogP contribution in [0.25, 0.3) is 32.6 Å². The van der Waals surface area contributed by atoms with Gasteiger partial charge in [0, 0.05) is 61.8 Å². The van der Waals surface area contributed by atoms with E-state index in [1.165, 1.54) is 18.0 Å². The third-order valence-corrected chi connectivity index (χ3v) is 7.25. The Morgan fingerprint density at radius 1 is 1.00 bits per heavy atom. The number of hydrogen-bond acceptors (Lipinski definition) is 11. The molecule has 0 atom stereocenters. The summed E-state index contributed by atoms with van der Waals surface area (Å²) >= 11 is 0. The molecule has 0 saturated carbocycles. The number of likely N-dealkylation sites (N-methyl/N-ethyl adjacent to an activating group) is 2. The van der Waals surface area contributed by atoms with Gasteiger partial charge in [0.25, 0.3) is 5.56 Å². The average Bonchev–Trinajstić information content (AvgIpc) is 3.45. The number of ether oxygens (including phenoxy) is 4. The van der Waals surface area contributed by atoms with E-state index in [-0.39, 0.29) is 44.3 Å². The highest BCUT2D eigenvalue weighted by molar-refractivity contribution is 6.15. The number of esters is 1. The summed E-state index contributed by atoms with van der Waals surface area (Å²) < 4.78 is 23.5. The van der Waals surface area contributed by atoms with Gasteiger partial charge in [-0.25, -0.2) is 4.79 Å². The zero-order chi connectivity index (χ0) is 30.7. The SMILES string of the molecule is CN(C)CCn1c(=O)c2cc(OC(=O)N(C)CCOC(=O)CCCO)c(CO)cc2c2cnc3cc4c(cc3c21)OCO4. The number of benzene rings is 2. The van der Waals surface area contributed by atoms with Gasteiger partial charge in [-0.2, -0.15) is 0 Å². The van der Waals surface area contributed by atoms with Crippen LogP contribution in [0.1, 0.15) is 18.4 Å². The molecule has 1 amide bonds. The Morgan fingerprint density at radius 2 is 1.77 bits per heavy atom. The van der Waals surface area contributed by atoms with Gasteiger partial charge in [-0.3, -0.25) is 14.6 Å². The van der Waals surface area contributed by atoms with Crippen molar-refractivity contribution in [2.24, 2.45) is 0 Å². The maximum absolute atomic E-state index is 14.1. The molecule has 228 valence electrons. The van der Waals surface area contributed by atoms with E-state index in [4.69, 9.17) is 24.1 Å². The van der Waals surface area contributed by atoms with Crippen molar-refractivity contribution >= 4 is 44.6 Å². The molecule has 4 aromatic rings. The first kappa shape index (κ1) is 30.0. The molecule has 5 rings (SSSR count). The molecule has 0 saturated heterocycles. The first-order valence-electron chi connectivity index (χ1n) is 13.9. The molecule has 3 heterocycles. The van der Waals surface area contributed by atoms with Crippen molar-refractivity contribution in [2.75, 3.05) is 54.2 Å². The maximum Gasteiger partial charge on any atom is 0.415 e. The molecule has 0 aliphatic carbocycles. The van der Waals surface area contributed by atoms with Crippen LogP contribution in [0.15, 0.2) is 35.3 Å². The highest BCUT2D eigenvalue weighted by Gasteiger charge is 2.22. The summed E-state index contributed by atoms with van der Waals surface area (Å²) in [5.41, 5.74) is 1.33. The molecule has 0 unspecified atom stereocenters. The molecular weight excluding hydrogens is 560 g/mol. The lowest BCUT2D eigenvalue weighted by Crippen LogP contribution is -2.33. The number of nitrogens with zero attached hydrogens (tertiary/aromatic N) is 4. The maximum atomic E-state index is 14.1. The van der Waals surface area contributed by atoms with Crippen LogP contribution in [0.4, 0.5) is 4.79 Å². The van der Waals surface area contributed by atoms with Gasteiger partial charge in [-0.1, -0.05) is 0 Å². The molecule has 2 aromatic heterocycles. The van der Waals surface area contributed by atoms with Crippen molar-refractivity contribution in [1.29, 1.82) is 0 Å². The number of hydrogen-bond donors (Lipinski definition) is 2. The molecule has 2 N–H and O–H groups in total. The lowest BCUT2D eigenvalue weighted by molar-refractivity contribution is -0.144. The van der Waals surface area contributed by atoms with Crippen LogP contribution in [0.5, 0.6) is 17.2 Å². The number of aliphatic hydroxyl groups excluding tert-OH is 2. The third kappa shape index (κ3) is 6.19. The number of aromatic nitrogens is 2. The number of aliphatic hydroxyl groups is 2. The number of rotatable bonds is 11. The summed E-state index contributed by atoms with van der Waals surface area (Å²) in [4.78, 5) is 46.5. The molecule has 13 heteroatoms. The molecule has 2 aromatic carbocycles. The van der Waals surface area contributed by atoms with E-state index in [0.717, 1.165) is 5.39 Å². The van der Waals surface area contributed by atoms with Gasteiger partial charge in [0.2, 0.25) is 6.79 Å². The van der Waals surface area contributed by atoms with E-state index < -0.39 is 18.7 Å². The summed E-state index contributed by atoms with van der Waals surface area (Å²) in [6.07, 6.45) is 1.32. The van der Waals surface area contributed by atoms with E-state index in [9.17, 15) is 19.5 Å². The minimum absolute atomic E-state index is 0.0412. The van der Waals surface area contributed by atoms with Gasteiger partial charge in [-0.15, -0.1) is 0 Å². The fourth-order valence-corrected chi connectivity index (χ4v) is 4.91. The molecule has 43 heavy (non-hydrogen) atoms. The van der Waals surface area contributed by atoms with E-state index in [0.29, 0.717) is 63.8 Å². The van der Waals surface area contributed by atoms with Crippen LogP contribution < -0.4 is 19.8 Å². The van der Waals surface area contributed by atoms with Crippen molar-refractivity contribution in [2.45, 2.75) is 26.0 Å². The minimum atomic E-state index is -0.752. The summed E-state index contributed by atoms with van der Waals surface area (Å²) in [6.45, 7) is 0.510. The molecular formula is C30H34N4O9. The van der Waals surface area contributed by atoms with Crippen molar-refractivity contribution in [3.8, 4) is 17.2 Å². The van der Waals surface area contributed by atoms with Crippen LogP contribution in [-0.4, -0.2) is 95.9 Å². The zero-order valence-corrected chi connectivity index (χ0v) is 24.3. The number of amides is 1. The normalized spacial score (nSPS) is 12.4. The lowest BCUT2D eigenvalue weighted by Gasteiger charge is -2.20. The first-order chi connectivity index (χ1) is 20.7. The van der Waals surface area contributed by atoms with E-state index in [1.807, 2.05) is 25.1 Å². The van der Waals surface area contributed by atoms with Crippen LogP contribution in [0.2, 0.25) is 0 Å². The summed E-state index contributed by atoms with van der Waals surface area (Å²) in [5.74, 6) is 0.717. The Morgan fingerprint density at radius 3 is 2.49 bits per heavy atom. The fourth-order valence-electron chi connectivity index (χ4n) is 4.91. The molecule has 0 bridgehead atoms. The second-order valence-electron chi connectivity index (χ2n) is 10.5. The fraction of sp³-hybridized carbons (Fsp3) is 0.400. The Hall–Kier alpha value is -4.46. The second-order valence-corrected chi connectivity index (χ2v) is 10.5. The van der Waals surface area contributed by atoms with Crippen molar-refractivity contribution in [1.82, 2.24) is 19.4 Å². The van der Waals surface area contributed by atoms with Gasteiger partial charge >= 0.3 is 12.1 Å². The minimum Gasteiger partial charge on any atom is -0.464 e. The molecule has 1 aliphatic rings. The van der Waals surface area contributed by atoms with Crippen LogP contribution >= 0.6 is 0 Å². The van der Waals surface area contributed by atoms with Gasteiger partial charge in [0.1, 0.15) is 12.4 Å². The monoisotopic (exact) mass is 594 g/mol. The van der Waals surface area contributed by atoms with Crippen molar-refractivity contribution in [3.05, 3.63) is 46.4 Å². The Kier molecular flexibility index (Phi) is 8.94. The largest absolute Gasteiger partial charge is 0.464 e. The summed E-state index contributed by atoms with van der Waals surface area (Å²) in [6, 6.07) is 6.73. The van der Waals surface area contributed by atoms with Crippen LogP contribution in [-0.2, 0) is 22.7 Å². The molecule has 13 nitrogen and oxygen atoms in total. The predicted molar refractivity (Wildman–Crippen MR) is 158 cm³/mol. The third-order valence-electron chi connectivity index (χ3n) is 7.25. The number of carbonyl (C=O) groups excluding carboxylic acids is 2. The summed E-state index contributed by atoms with van der Waals surface area (Å²) in [7, 11) is 5.32. The number of carbonyl (C=O) groups is 2. The smallest absolute Gasteiger partial charge is 0.415 e. The molecule has 1 aliphatic heterocycles. The Bertz CT molecular complexity index is 1750. The van der Waals surface area contributed by atoms with E-state index in [2.05, 4.69) is 4.98 Å². The van der Waals surface area contributed by atoms with Crippen molar-refractivity contribution < 1.29 is 38.7 Å². The highest BCUT2D eigenvalue weighted by Crippen LogP contribution is 2.39. The molecule has 0 fully saturated rings. The number of fused-ring (bicyclic) bond motifs is 6. The quantitative estimate of drug-likeness (QED) is 0.194. The van der Waals surface area contributed by atoms with Gasteiger partial charge in [-0.05, 0) is 44.1 Å². The van der Waals surface area contributed by atoms with E-state index >= 15 is 0 Å². The highest BCUT2D eigenvalue weighted by atomic mass is 16.7. The van der Waals surface area contributed by atoms with Gasteiger partial charge < -0.3 is 43.5 Å². The molecule has 0 spiro atoms. The van der Waals surface area contributed by atoms with Gasteiger partial charge in [0.05, 0.1) is 29.6 Å². The second kappa shape index (κ2) is 12.8. The standard InChI is InChI=1S/C30H34N4O9/c1-32(2)6-7-34-28-21-13-25-26(42-17-41-25)14-23(21)31-15-22(28)19-11-18(16-36)24(12-20(19)29(34)38)43-30(39)33(3)8-10-40-27(37)5-4-9-35/h11-15,35-36H,4-10,16-17H2,1-3H3. The Balaban J connectivity index is 1.54. The van der Waals surface area contributed by atoms with E-state index in [1.54, 1.807) is 22.9 Å². The van der Waals surface area contributed by atoms with Crippen LogP contribution in [0, 0.1) is 0 Å². The topological polar surface area (TPSA) is 153 Å². The van der Waals surface area contributed by atoms with Crippen molar-refractivity contribution in [3.63, 3.8) is 0 Å². The number of pyridine rings is 2. The average molecular weight is 595 g/mol. The summed E-state index contributed by atoms with van der Waals surface area (Å²) in [5, 5.41) is 21.3. The zero-order valence-electron chi connectivity index (χ0n) is 24.3. The van der Waals surface area contributed by atoms with Crippen LogP contribution in [0.3, 0.4) is 0 Å².